The molecule has 1 aromatic rings. The lowest BCUT2D eigenvalue weighted by Gasteiger charge is -2.22. The summed E-state index contributed by atoms with van der Waals surface area (Å²) in [6.07, 6.45) is 6.94. The summed E-state index contributed by atoms with van der Waals surface area (Å²) in [5, 5.41) is 3.47. The van der Waals surface area contributed by atoms with Crippen molar-refractivity contribution >= 4 is 10.0 Å². The molecule has 1 fully saturated rings. The second-order valence-corrected chi connectivity index (χ2v) is 7.42. The Morgan fingerprint density at radius 3 is 3.05 bits per heavy atom. The van der Waals surface area contributed by atoms with Crippen LogP contribution in [0.4, 0.5) is 0 Å². The maximum atomic E-state index is 12.3. The molecule has 20 heavy (non-hydrogen) atoms. The van der Waals surface area contributed by atoms with Crippen LogP contribution in [0.1, 0.15) is 31.5 Å². The number of piperidine rings is 1. The highest BCUT2D eigenvalue weighted by atomic mass is 32.2. The van der Waals surface area contributed by atoms with Crippen LogP contribution in [-0.2, 0) is 23.0 Å². The first kappa shape index (κ1) is 14.0. The van der Waals surface area contributed by atoms with Crippen molar-refractivity contribution in [3.05, 3.63) is 12.0 Å². The molecular formula is C13H22N4O2S. The average Bonchev–Trinajstić information content (AvgIpc) is 2.91. The molecule has 0 saturated carbocycles. The maximum absolute atomic E-state index is 12.3. The standard InChI is InChI=1S/C13H22N4O2S/c18-20(19,15-9-11-4-3-6-14-8-11)13-10-17-7-2-1-5-12(17)16-13/h10-11,14-15H,1-9H2. The van der Waals surface area contributed by atoms with Crippen molar-refractivity contribution in [2.45, 2.75) is 43.7 Å². The van der Waals surface area contributed by atoms with Crippen molar-refractivity contribution in [2.24, 2.45) is 5.92 Å². The van der Waals surface area contributed by atoms with E-state index in [1.165, 1.54) is 0 Å². The van der Waals surface area contributed by atoms with E-state index in [1.807, 2.05) is 4.57 Å². The number of rotatable bonds is 4. The lowest BCUT2D eigenvalue weighted by atomic mass is 10.0. The van der Waals surface area contributed by atoms with Crippen LogP contribution in [0.25, 0.3) is 0 Å². The molecule has 0 radical (unpaired) electrons. The molecule has 112 valence electrons. The number of aromatic nitrogens is 2. The molecule has 3 rings (SSSR count). The van der Waals surface area contributed by atoms with Crippen molar-refractivity contribution in [1.29, 1.82) is 0 Å². The second-order valence-electron chi connectivity index (χ2n) is 5.71. The van der Waals surface area contributed by atoms with E-state index < -0.39 is 10.0 Å². The van der Waals surface area contributed by atoms with Gasteiger partial charge in [0, 0.05) is 25.7 Å². The number of imidazole rings is 1. The minimum atomic E-state index is -3.46. The summed E-state index contributed by atoms with van der Waals surface area (Å²) in [5.41, 5.74) is 0. The molecule has 0 aromatic carbocycles. The van der Waals surface area contributed by atoms with Gasteiger partial charge in [0.1, 0.15) is 5.82 Å². The number of nitrogens with zero attached hydrogens (tertiary/aromatic N) is 2. The van der Waals surface area contributed by atoms with Crippen LogP contribution in [0.15, 0.2) is 11.2 Å². The van der Waals surface area contributed by atoms with E-state index in [1.54, 1.807) is 6.20 Å². The highest BCUT2D eigenvalue weighted by molar-refractivity contribution is 7.89. The van der Waals surface area contributed by atoms with E-state index in [2.05, 4.69) is 15.0 Å². The van der Waals surface area contributed by atoms with E-state index in [9.17, 15) is 8.42 Å². The number of nitrogens with one attached hydrogen (secondary N) is 2. The first-order chi connectivity index (χ1) is 9.65. The lowest BCUT2D eigenvalue weighted by Crippen LogP contribution is -2.38. The average molecular weight is 298 g/mol. The van der Waals surface area contributed by atoms with Crippen LogP contribution in [0.3, 0.4) is 0 Å². The monoisotopic (exact) mass is 298 g/mol. The van der Waals surface area contributed by atoms with Gasteiger partial charge in [-0.05, 0) is 44.7 Å². The smallest absolute Gasteiger partial charge is 0.259 e. The molecule has 0 aliphatic carbocycles. The fourth-order valence-electron chi connectivity index (χ4n) is 2.92. The third kappa shape index (κ3) is 3.05. The Hall–Kier alpha value is -0.920. The van der Waals surface area contributed by atoms with Gasteiger partial charge >= 0.3 is 0 Å². The second kappa shape index (κ2) is 5.83. The summed E-state index contributed by atoms with van der Waals surface area (Å²) in [4.78, 5) is 4.28. The fraction of sp³-hybridized carbons (Fsp3) is 0.769. The van der Waals surface area contributed by atoms with Crippen molar-refractivity contribution in [1.82, 2.24) is 19.6 Å². The zero-order valence-electron chi connectivity index (χ0n) is 11.6. The van der Waals surface area contributed by atoms with Gasteiger partial charge in [-0.1, -0.05) is 0 Å². The topological polar surface area (TPSA) is 76.0 Å². The van der Waals surface area contributed by atoms with Gasteiger partial charge in [-0.3, -0.25) is 0 Å². The number of hydrogen-bond donors (Lipinski definition) is 2. The number of fused-ring (bicyclic) bond motifs is 1. The van der Waals surface area contributed by atoms with E-state index in [0.29, 0.717) is 12.5 Å². The Kier molecular flexibility index (Phi) is 4.09. The first-order valence-electron chi connectivity index (χ1n) is 7.41. The van der Waals surface area contributed by atoms with Crippen molar-refractivity contribution < 1.29 is 8.42 Å². The SMILES string of the molecule is O=S(=O)(NCC1CCCNC1)c1cn2c(n1)CCCC2. The zero-order valence-corrected chi connectivity index (χ0v) is 12.5. The van der Waals surface area contributed by atoms with Gasteiger partial charge in [0.15, 0.2) is 5.03 Å². The zero-order chi connectivity index (χ0) is 14.0. The van der Waals surface area contributed by atoms with E-state index in [4.69, 9.17) is 0 Å². The van der Waals surface area contributed by atoms with Gasteiger partial charge in [0.2, 0.25) is 0 Å². The van der Waals surface area contributed by atoms with Crippen molar-refractivity contribution in [2.75, 3.05) is 19.6 Å². The lowest BCUT2D eigenvalue weighted by molar-refractivity contribution is 0.375. The van der Waals surface area contributed by atoms with Crippen LogP contribution in [0.5, 0.6) is 0 Å². The Labute approximate surface area is 120 Å². The maximum Gasteiger partial charge on any atom is 0.259 e. The van der Waals surface area contributed by atoms with Crippen molar-refractivity contribution in [3.8, 4) is 0 Å². The molecule has 6 nitrogen and oxygen atoms in total. The molecule has 1 atom stereocenters. The van der Waals surface area contributed by atoms with Gasteiger partial charge in [0.25, 0.3) is 10.0 Å². The van der Waals surface area contributed by atoms with Crippen LogP contribution >= 0.6 is 0 Å². The third-order valence-electron chi connectivity index (χ3n) is 4.12. The summed E-state index contributed by atoms with van der Waals surface area (Å²) < 4.78 is 29.3. The molecule has 7 heteroatoms. The molecule has 1 saturated heterocycles. The largest absolute Gasteiger partial charge is 0.333 e. The van der Waals surface area contributed by atoms with Gasteiger partial charge in [-0.15, -0.1) is 0 Å². The highest BCUT2D eigenvalue weighted by Gasteiger charge is 2.23. The van der Waals surface area contributed by atoms with Crippen LogP contribution in [-0.4, -0.2) is 37.6 Å². The van der Waals surface area contributed by atoms with Gasteiger partial charge < -0.3 is 9.88 Å². The van der Waals surface area contributed by atoms with Crippen LogP contribution in [0.2, 0.25) is 0 Å². The molecule has 1 unspecified atom stereocenters. The quantitative estimate of drug-likeness (QED) is 0.848. The number of sulfonamides is 1. The normalized spacial score (nSPS) is 23.5. The van der Waals surface area contributed by atoms with Gasteiger partial charge in [0.05, 0.1) is 0 Å². The molecule has 2 aliphatic rings. The highest BCUT2D eigenvalue weighted by Crippen LogP contribution is 2.17. The van der Waals surface area contributed by atoms with Crippen molar-refractivity contribution in [3.63, 3.8) is 0 Å². The number of hydrogen-bond acceptors (Lipinski definition) is 4. The summed E-state index contributed by atoms with van der Waals surface area (Å²) >= 11 is 0. The molecule has 2 N–H and O–H groups in total. The summed E-state index contributed by atoms with van der Waals surface area (Å²) in [5.74, 6) is 1.28. The Balaban J connectivity index is 1.66. The molecular weight excluding hydrogens is 276 g/mol. The Morgan fingerprint density at radius 2 is 2.30 bits per heavy atom. The predicted molar refractivity (Wildman–Crippen MR) is 75.9 cm³/mol. The molecule has 0 amide bonds. The van der Waals surface area contributed by atoms with E-state index in [-0.39, 0.29) is 5.03 Å². The van der Waals surface area contributed by atoms with Gasteiger partial charge in [-0.25, -0.2) is 18.1 Å². The molecule has 0 bridgehead atoms. The minimum Gasteiger partial charge on any atom is -0.333 e. The molecule has 0 spiro atoms. The van der Waals surface area contributed by atoms with Crippen LogP contribution < -0.4 is 10.0 Å². The predicted octanol–water partition coefficient (Wildman–Crippen LogP) is 0.497. The van der Waals surface area contributed by atoms with Crippen LogP contribution in [0, 0.1) is 5.92 Å². The molecule has 2 aliphatic heterocycles. The summed E-state index contributed by atoms with van der Waals surface area (Å²) in [6, 6.07) is 0. The molecule has 1 aromatic heterocycles. The fourth-order valence-corrected chi connectivity index (χ4v) is 4.01. The van der Waals surface area contributed by atoms with Gasteiger partial charge in [-0.2, -0.15) is 0 Å². The summed E-state index contributed by atoms with van der Waals surface area (Å²) in [6.45, 7) is 3.31. The Bertz CT molecular complexity index is 537. The Morgan fingerprint density at radius 1 is 1.40 bits per heavy atom. The van der Waals surface area contributed by atoms with E-state index in [0.717, 1.165) is 57.6 Å². The minimum absolute atomic E-state index is 0.179. The molecule has 3 heterocycles. The van der Waals surface area contributed by atoms with E-state index >= 15 is 0 Å². The first-order valence-corrected chi connectivity index (χ1v) is 8.90. The third-order valence-corrected chi connectivity index (χ3v) is 5.42. The number of aryl methyl sites for hydroxylation is 2. The summed E-state index contributed by atoms with van der Waals surface area (Å²) in [7, 11) is -3.46.